The molecule has 2 aromatic carbocycles. The van der Waals surface area contributed by atoms with Crippen LogP contribution in [-0.2, 0) is 17.9 Å². The zero-order valence-corrected chi connectivity index (χ0v) is 15.2. The van der Waals surface area contributed by atoms with Gasteiger partial charge in [0.25, 0.3) is 5.69 Å². The Hall–Kier alpha value is -2.44. The summed E-state index contributed by atoms with van der Waals surface area (Å²) >= 11 is 0. The number of benzene rings is 2. The number of anilines is 1. The van der Waals surface area contributed by atoms with Gasteiger partial charge in [0.15, 0.2) is 0 Å². The van der Waals surface area contributed by atoms with Gasteiger partial charge in [-0.15, -0.1) is 0 Å². The molecule has 138 valence electrons. The molecule has 0 amide bonds. The summed E-state index contributed by atoms with van der Waals surface area (Å²) in [6.07, 6.45) is 0. The van der Waals surface area contributed by atoms with Crippen LogP contribution in [0.4, 0.5) is 11.4 Å². The molecule has 2 atom stereocenters. The summed E-state index contributed by atoms with van der Waals surface area (Å²) in [6, 6.07) is 15.7. The first-order valence-electron chi connectivity index (χ1n) is 8.86. The van der Waals surface area contributed by atoms with Crippen molar-refractivity contribution in [2.75, 3.05) is 25.5 Å². The van der Waals surface area contributed by atoms with E-state index in [4.69, 9.17) is 4.74 Å². The third kappa shape index (κ3) is 4.39. The summed E-state index contributed by atoms with van der Waals surface area (Å²) in [5.41, 5.74) is 3.13. The highest BCUT2D eigenvalue weighted by Crippen LogP contribution is 2.27. The monoisotopic (exact) mass is 355 g/mol. The molecule has 0 aliphatic carbocycles. The lowest BCUT2D eigenvalue weighted by Crippen LogP contribution is -2.28. The van der Waals surface area contributed by atoms with Crippen molar-refractivity contribution in [2.45, 2.75) is 26.1 Å². The minimum atomic E-state index is -0.372. The third-order valence-electron chi connectivity index (χ3n) is 4.88. The van der Waals surface area contributed by atoms with Crippen molar-refractivity contribution in [3.63, 3.8) is 0 Å². The van der Waals surface area contributed by atoms with Gasteiger partial charge in [0.05, 0.1) is 11.5 Å². The number of hydrogen-bond donors (Lipinski definition) is 1. The predicted octanol–water partition coefficient (Wildman–Crippen LogP) is 3.67. The Bertz CT molecular complexity index is 751. The SMILES string of the molecule is COCc1cc([N+](=O)[O-])ccc1NC1CN(Cc2ccccc2)CC1C. The summed E-state index contributed by atoms with van der Waals surface area (Å²) in [5.74, 6) is 0.490. The van der Waals surface area contributed by atoms with Gasteiger partial charge in [-0.3, -0.25) is 15.0 Å². The summed E-state index contributed by atoms with van der Waals surface area (Å²) < 4.78 is 5.22. The van der Waals surface area contributed by atoms with Crippen molar-refractivity contribution in [1.82, 2.24) is 4.90 Å². The molecule has 1 N–H and O–H groups in total. The van der Waals surface area contributed by atoms with Gasteiger partial charge in [-0.05, 0) is 17.5 Å². The van der Waals surface area contributed by atoms with Crippen molar-refractivity contribution in [3.05, 3.63) is 69.8 Å². The van der Waals surface area contributed by atoms with E-state index in [1.807, 2.05) is 6.07 Å². The average molecular weight is 355 g/mol. The average Bonchev–Trinajstić information content (AvgIpc) is 2.96. The van der Waals surface area contributed by atoms with E-state index < -0.39 is 0 Å². The first kappa shape index (κ1) is 18.4. The highest BCUT2D eigenvalue weighted by Gasteiger charge is 2.30. The molecule has 2 aromatic rings. The number of nitrogens with one attached hydrogen (secondary N) is 1. The third-order valence-corrected chi connectivity index (χ3v) is 4.88. The molecule has 0 saturated carbocycles. The maximum atomic E-state index is 11.0. The lowest BCUT2D eigenvalue weighted by Gasteiger charge is -2.20. The maximum Gasteiger partial charge on any atom is 0.269 e. The van der Waals surface area contributed by atoms with Gasteiger partial charge in [0, 0.05) is 56.2 Å². The number of ether oxygens (including phenoxy) is 1. The van der Waals surface area contributed by atoms with Crippen molar-refractivity contribution in [1.29, 1.82) is 0 Å². The summed E-state index contributed by atoms with van der Waals surface area (Å²) in [6.45, 7) is 5.50. The Morgan fingerprint density at radius 1 is 1.23 bits per heavy atom. The molecule has 1 heterocycles. The molecule has 26 heavy (non-hydrogen) atoms. The van der Waals surface area contributed by atoms with Gasteiger partial charge in [-0.1, -0.05) is 37.3 Å². The topological polar surface area (TPSA) is 67.6 Å². The zero-order valence-electron chi connectivity index (χ0n) is 15.2. The van der Waals surface area contributed by atoms with Crippen LogP contribution in [0.15, 0.2) is 48.5 Å². The minimum absolute atomic E-state index is 0.0905. The highest BCUT2D eigenvalue weighted by molar-refractivity contribution is 5.56. The Morgan fingerprint density at radius 3 is 2.69 bits per heavy atom. The van der Waals surface area contributed by atoms with Gasteiger partial charge in [-0.2, -0.15) is 0 Å². The van der Waals surface area contributed by atoms with Crippen molar-refractivity contribution in [2.24, 2.45) is 5.92 Å². The van der Waals surface area contributed by atoms with E-state index in [1.165, 1.54) is 5.56 Å². The number of hydrogen-bond acceptors (Lipinski definition) is 5. The maximum absolute atomic E-state index is 11.0. The lowest BCUT2D eigenvalue weighted by molar-refractivity contribution is -0.384. The minimum Gasteiger partial charge on any atom is -0.380 e. The quantitative estimate of drug-likeness (QED) is 0.606. The largest absolute Gasteiger partial charge is 0.380 e. The van der Waals surface area contributed by atoms with Crippen LogP contribution in [0.25, 0.3) is 0 Å². The predicted molar refractivity (Wildman–Crippen MR) is 102 cm³/mol. The number of methoxy groups -OCH3 is 1. The van der Waals surface area contributed by atoms with Crippen molar-refractivity contribution >= 4 is 11.4 Å². The first-order valence-corrected chi connectivity index (χ1v) is 8.86. The Kier molecular flexibility index (Phi) is 5.85. The van der Waals surface area contributed by atoms with E-state index in [9.17, 15) is 10.1 Å². The Morgan fingerprint density at radius 2 is 2.00 bits per heavy atom. The Labute approximate surface area is 153 Å². The van der Waals surface area contributed by atoms with Crippen molar-refractivity contribution in [3.8, 4) is 0 Å². The van der Waals surface area contributed by atoms with E-state index in [-0.39, 0.29) is 10.6 Å². The number of nitro groups is 1. The van der Waals surface area contributed by atoms with E-state index in [2.05, 4.69) is 41.4 Å². The second kappa shape index (κ2) is 8.29. The number of rotatable bonds is 7. The molecule has 2 unspecified atom stereocenters. The van der Waals surface area contributed by atoms with Gasteiger partial charge in [0.1, 0.15) is 0 Å². The second-order valence-corrected chi connectivity index (χ2v) is 6.94. The van der Waals surface area contributed by atoms with Gasteiger partial charge in [-0.25, -0.2) is 0 Å². The molecule has 6 heteroatoms. The summed E-state index contributed by atoms with van der Waals surface area (Å²) in [5, 5.41) is 14.6. The molecule has 1 aliphatic rings. The number of non-ortho nitro benzene ring substituents is 1. The molecule has 0 bridgehead atoms. The van der Waals surface area contributed by atoms with Crippen LogP contribution in [0.3, 0.4) is 0 Å². The van der Waals surface area contributed by atoms with Crippen LogP contribution in [-0.4, -0.2) is 36.1 Å². The van der Waals surface area contributed by atoms with E-state index in [1.54, 1.807) is 25.3 Å². The van der Waals surface area contributed by atoms with Gasteiger partial charge < -0.3 is 10.1 Å². The molecule has 0 radical (unpaired) electrons. The summed E-state index contributed by atoms with van der Waals surface area (Å²) in [4.78, 5) is 13.1. The standard InChI is InChI=1S/C20H25N3O3/c1-15-11-22(12-16-6-4-3-5-7-16)13-20(15)21-19-9-8-18(23(24)25)10-17(19)14-26-2/h3-10,15,20-21H,11-14H2,1-2H3. The fourth-order valence-electron chi connectivity index (χ4n) is 3.53. The van der Waals surface area contributed by atoms with Crippen LogP contribution in [0.5, 0.6) is 0 Å². The Balaban J connectivity index is 1.69. The highest BCUT2D eigenvalue weighted by atomic mass is 16.6. The van der Waals surface area contributed by atoms with Gasteiger partial charge in [0.2, 0.25) is 0 Å². The fraction of sp³-hybridized carbons (Fsp3) is 0.400. The second-order valence-electron chi connectivity index (χ2n) is 6.94. The van der Waals surface area contributed by atoms with E-state index >= 15 is 0 Å². The van der Waals surface area contributed by atoms with Gasteiger partial charge >= 0.3 is 0 Å². The molecule has 1 fully saturated rings. The molecule has 1 aliphatic heterocycles. The van der Waals surface area contributed by atoms with Crippen LogP contribution in [0, 0.1) is 16.0 Å². The van der Waals surface area contributed by atoms with Crippen molar-refractivity contribution < 1.29 is 9.66 Å². The van der Waals surface area contributed by atoms with Crippen LogP contribution < -0.4 is 5.32 Å². The number of likely N-dealkylation sites (tertiary alicyclic amines) is 1. The number of nitro benzene ring substituents is 1. The molecular formula is C20H25N3O3. The molecule has 3 rings (SSSR count). The molecule has 0 aromatic heterocycles. The molecule has 1 saturated heterocycles. The van der Waals surface area contributed by atoms with Crippen LogP contribution in [0.2, 0.25) is 0 Å². The smallest absolute Gasteiger partial charge is 0.269 e. The fourth-order valence-corrected chi connectivity index (χ4v) is 3.53. The van der Waals surface area contributed by atoms with E-state index in [0.29, 0.717) is 18.6 Å². The van der Waals surface area contributed by atoms with E-state index in [0.717, 1.165) is 30.9 Å². The first-order chi connectivity index (χ1) is 12.6. The normalized spacial score (nSPS) is 20.2. The van der Waals surface area contributed by atoms with Crippen LogP contribution in [0.1, 0.15) is 18.1 Å². The molecular weight excluding hydrogens is 330 g/mol. The summed E-state index contributed by atoms with van der Waals surface area (Å²) in [7, 11) is 1.60. The van der Waals surface area contributed by atoms with Crippen LogP contribution >= 0.6 is 0 Å². The number of nitrogens with zero attached hydrogens (tertiary/aromatic N) is 2. The molecule has 6 nitrogen and oxygen atoms in total. The lowest BCUT2D eigenvalue weighted by atomic mass is 10.0. The molecule has 0 spiro atoms. The zero-order chi connectivity index (χ0) is 18.5.